The van der Waals surface area contributed by atoms with Crippen LogP contribution in [0.4, 0.5) is 22.0 Å². The zero-order valence-electron chi connectivity index (χ0n) is 24.3. The quantitative estimate of drug-likeness (QED) is 0.190. The summed E-state index contributed by atoms with van der Waals surface area (Å²) < 4.78 is 82.5. The first-order valence-corrected chi connectivity index (χ1v) is 13.8. The average Bonchev–Trinajstić information content (AvgIpc) is 2.95. The molecule has 0 aliphatic rings. The van der Waals surface area contributed by atoms with Gasteiger partial charge in [-0.05, 0) is 41.8 Å². The number of benzene rings is 2. The van der Waals surface area contributed by atoms with Gasteiger partial charge in [-0.3, -0.25) is 19.2 Å². The van der Waals surface area contributed by atoms with E-state index in [1.54, 1.807) is 0 Å². The molecule has 3 N–H and O–H groups in total. The third-order valence-corrected chi connectivity index (χ3v) is 6.47. The highest BCUT2D eigenvalue weighted by atomic mass is 35.5. The van der Waals surface area contributed by atoms with Gasteiger partial charge in [-0.1, -0.05) is 43.1 Å². The van der Waals surface area contributed by atoms with Crippen molar-refractivity contribution in [1.82, 2.24) is 16.0 Å². The number of nitrogens with one attached hydrogen (secondary N) is 3. The highest BCUT2D eigenvalue weighted by molar-refractivity contribution is 6.34. The Morgan fingerprint density at radius 1 is 0.867 bits per heavy atom. The number of alkyl halides is 5. The normalized spacial score (nSPS) is 13.0. The summed E-state index contributed by atoms with van der Waals surface area (Å²) >= 11 is 11.8. The second kappa shape index (κ2) is 15.9. The second-order valence-electron chi connectivity index (χ2n) is 9.87. The molecule has 0 heterocycles. The van der Waals surface area contributed by atoms with Crippen LogP contribution in [0.15, 0.2) is 36.4 Å². The molecule has 0 bridgehead atoms. The van der Waals surface area contributed by atoms with E-state index in [-0.39, 0.29) is 28.0 Å². The number of Topliss-reactive ketones (excluding diaryl/α,β-unsaturated/α-hetero) is 1. The van der Waals surface area contributed by atoms with E-state index in [0.717, 1.165) is 5.32 Å². The van der Waals surface area contributed by atoms with Crippen molar-refractivity contribution < 1.29 is 55.3 Å². The molecule has 0 aromatic heterocycles. The lowest BCUT2D eigenvalue weighted by Crippen LogP contribution is -2.59. The van der Waals surface area contributed by atoms with Gasteiger partial charge in [0, 0.05) is 16.5 Å². The molecule has 0 radical (unpaired) electrons. The predicted octanol–water partition coefficient (Wildman–Crippen LogP) is 4.14. The lowest BCUT2D eigenvalue weighted by Gasteiger charge is -2.27. The Morgan fingerprint density at radius 3 is 2.00 bits per heavy atom. The van der Waals surface area contributed by atoms with Gasteiger partial charge in [0.15, 0.2) is 18.1 Å². The van der Waals surface area contributed by atoms with Crippen LogP contribution < -0.4 is 30.2 Å². The molecule has 45 heavy (non-hydrogen) atoms. The first-order chi connectivity index (χ1) is 20.9. The Bertz CT molecular complexity index is 1370. The highest BCUT2D eigenvalue weighted by Gasteiger charge is 2.52. The number of rotatable bonds is 15. The fraction of sp³-hybridized carbons (Fsp3) is 0.429. The molecule has 0 unspecified atom stereocenters. The number of ether oxygens (including phenoxy) is 3. The predicted molar refractivity (Wildman–Crippen MR) is 153 cm³/mol. The van der Waals surface area contributed by atoms with E-state index in [1.165, 1.54) is 64.5 Å². The number of methoxy groups -OCH3 is 2. The van der Waals surface area contributed by atoms with Crippen LogP contribution in [0, 0.1) is 5.92 Å². The van der Waals surface area contributed by atoms with Gasteiger partial charge in [-0.2, -0.15) is 22.0 Å². The average molecular weight is 686 g/mol. The van der Waals surface area contributed by atoms with Crippen LogP contribution in [0.2, 0.25) is 10.0 Å². The third-order valence-electron chi connectivity index (χ3n) is 6.04. The maximum absolute atomic E-state index is 14.7. The number of halogens is 7. The monoisotopic (exact) mass is 685 g/mol. The van der Waals surface area contributed by atoms with E-state index < -0.39 is 66.8 Å². The number of ketones is 1. The van der Waals surface area contributed by atoms with Crippen LogP contribution in [0.5, 0.6) is 17.2 Å². The molecule has 0 saturated heterocycles. The fourth-order valence-electron chi connectivity index (χ4n) is 3.84. The standard InChI is InChI=1S/C28H30Cl2F5N3O7/c1-14(2)23(24(40)28(34,35)26(42)36-13-27(31,32)33)38-25(41)19(7-15-5-6-20(43-3)21(8-15)44-4)37-22(39)12-45-18-10-16(29)9-17(30)11-18/h5-6,8-11,14,19,23H,7,12-13H2,1-4H3,(H,36,42)(H,37,39)(H,38,41)/t19-,23-/m0/s1. The molecule has 2 atom stereocenters. The van der Waals surface area contributed by atoms with Crippen molar-refractivity contribution in [3.8, 4) is 17.2 Å². The summed E-state index contributed by atoms with van der Waals surface area (Å²) in [5.41, 5.74) is 0.403. The van der Waals surface area contributed by atoms with E-state index in [9.17, 15) is 41.1 Å². The molecule has 248 valence electrons. The number of carbonyl (C=O) groups excluding carboxylic acids is 4. The van der Waals surface area contributed by atoms with Crippen molar-refractivity contribution in [2.45, 2.75) is 44.5 Å². The molecular weight excluding hydrogens is 656 g/mol. The van der Waals surface area contributed by atoms with Crippen LogP contribution in [0.1, 0.15) is 19.4 Å². The zero-order chi connectivity index (χ0) is 34.1. The minimum absolute atomic E-state index is 0.125. The number of hydrogen-bond donors (Lipinski definition) is 3. The van der Waals surface area contributed by atoms with Crippen molar-refractivity contribution in [2.75, 3.05) is 27.4 Å². The molecule has 3 amide bonds. The van der Waals surface area contributed by atoms with E-state index in [2.05, 4.69) is 10.6 Å². The van der Waals surface area contributed by atoms with E-state index in [1.807, 2.05) is 0 Å². The Hall–Kier alpha value is -3.85. The van der Waals surface area contributed by atoms with Crippen molar-refractivity contribution in [1.29, 1.82) is 0 Å². The number of hydrogen-bond acceptors (Lipinski definition) is 7. The van der Waals surface area contributed by atoms with Crippen LogP contribution in [0.3, 0.4) is 0 Å². The third kappa shape index (κ3) is 11.2. The van der Waals surface area contributed by atoms with E-state index in [0.29, 0.717) is 11.3 Å². The Labute approximate surface area is 264 Å². The van der Waals surface area contributed by atoms with Gasteiger partial charge < -0.3 is 30.2 Å². The van der Waals surface area contributed by atoms with Gasteiger partial charge in [-0.15, -0.1) is 0 Å². The van der Waals surface area contributed by atoms with Gasteiger partial charge in [0.25, 0.3) is 11.8 Å². The van der Waals surface area contributed by atoms with Crippen LogP contribution in [-0.2, 0) is 25.6 Å². The Balaban J connectivity index is 2.32. The van der Waals surface area contributed by atoms with E-state index in [4.69, 9.17) is 37.4 Å². The largest absolute Gasteiger partial charge is 0.493 e. The number of carbonyl (C=O) groups is 4. The molecular formula is C28H30Cl2F5N3O7. The highest BCUT2D eigenvalue weighted by Crippen LogP contribution is 2.28. The van der Waals surface area contributed by atoms with Gasteiger partial charge in [0.05, 0.1) is 20.3 Å². The van der Waals surface area contributed by atoms with E-state index >= 15 is 0 Å². The molecule has 0 spiro atoms. The molecule has 0 aliphatic heterocycles. The molecule has 2 rings (SSSR count). The van der Waals surface area contributed by atoms with Crippen molar-refractivity contribution >= 4 is 46.7 Å². The summed E-state index contributed by atoms with van der Waals surface area (Å²) in [4.78, 5) is 50.7. The topological polar surface area (TPSA) is 132 Å². The summed E-state index contributed by atoms with van der Waals surface area (Å²) in [6.45, 7) is -0.219. The zero-order valence-corrected chi connectivity index (χ0v) is 25.8. The van der Waals surface area contributed by atoms with Gasteiger partial charge in [-0.25, -0.2) is 0 Å². The van der Waals surface area contributed by atoms with Crippen LogP contribution in [0.25, 0.3) is 0 Å². The first kappa shape index (κ1) is 37.3. The molecule has 0 aliphatic carbocycles. The number of amides is 3. The van der Waals surface area contributed by atoms with Gasteiger partial charge in [0.1, 0.15) is 18.3 Å². The molecule has 0 fully saturated rings. The smallest absolute Gasteiger partial charge is 0.405 e. The summed E-state index contributed by atoms with van der Waals surface area (Å²) in [7, 11) is 2.75. The fourth-order valence-corrected chi connectivity index (χ4v) is 4.34. The Morgan fingerprint density at radius 2 is 1.47 bits per heavy atom. The van der Waals surface area contributed by atoms with Crippen molar-refractivity contribution in [3.05, 3.63) is 52.0 Å². The lowest BCUT2D eigenvalue weighted by atomic mass is 9.94. The van der Waals surface area contributed by atoms with Crippen molar-refractivity contribution in [2.24, 2.45) is 5.92 Å². The molecule has 0 saturated carbocycles. The summed E-state index contributed by atoms with van der Waals surface area (Å²) in [6.07, 6.45) is -5.28. The minimum atomic E-state index is -5.02. The molecule has 17 heteroatoms. The van der Waals surface area contributed by atoms with Crippen LogP contribution >= 0.6 is 23.2 Å². The summed E-state index contributed by atoms with van der Waals surface area (Å²) in [6, 6.07) is 5.15. The molecule has 2 aromatic rings. The van der Waals surface area contributed by atoms with Crippen molar-refractivity contribution in [3.63, 3.8) is 0 Å². The minimum Gasteiger partial charge on any atom is -0.493 e. The summed E-state index contributed by atoms with van der Waals surface area (Å²) in [5, 5.41) is 5.90. The SMILES string of the molecule is COc1ccc(C[C@H](NC(=O)COc2cc(Cl)cc(Cl)c2)C(=O)N[C@H](C(=O)C(F)(F)C(=O)NCC(F)(F)F)C(C)C)cc1OC. The lowest BCUT2D eigenvalue weighted by molar-refractivity contribution is -0.165. The maximum Gasteiger partial charge on any atom is 0.405 e. The Kier molecular flexibility index (Phi) is 13.2. The second-order valence-corrected chi connectivity index (χ2v) is 10.7. The van der Waals surface area contributed by atoms with Gasteiger partial charge >= 0.3 is 12.1 Å². The first-order valence-electron chi connectivity index (χ1n) is 13.0. The van der Waals surface area contributed by atoms with Gasteiger partial charge in [0.2, 0.25) is 11.7 Å². The molecule has 10 nitrogen and oxygen atoms in total. The molecule has 2 aromatic carbocycles. The van der Waals surface area contributed by atoms with Crippen LogP contribution in [-0.4, -0.2) is 75.1 Å². The summed E-state index contributed by atoms with van der Waals surface area (Å²) in [5.74, 6) is -11.9. The maximum atomic E-state index is 14.7.